The largest absolute Gasteiger partial charge is 0.354 e. The second-order valence-electron chi connectivity index (χ2n) is 4.39. The summed E-state index contributed by atoms with van der Waals surface area (Å²) in [6.07, 6.45) is 7.35. The molecule has 2 rings (SSSR count). The van der Waals surface area contributed by atoms with Crippen molar-refractivity contribution in [1.82, 2.24) is 24.5 Å². The molecule has 0 saturated carbocycles. The summed E-state index contributed by atoms with van der Waals surface area (Å²) in [6.45, 7) is 6.94. The van der Waals surface area contributed by atoms with Crippen LogP contribution in [0.2, 0.25) is 0 Å². The minimum Gasteiger partial charge on any atom is -0.354 e. The third-order valence-electron chi connectivity index (χ3n) is 2.37. The van der Waals surface area contributed by atoms with Crippen LogP contribution in [-0.4, -0.2) is 31.1 Å². The van der Waals surface area contributed by atoms with Crippen LogP contribution in [0, 0.1) is 5.92 Å². The molecule has 0 radical (unpaired) electrons. The Balaban J connectivity index is 1.84. The van der Waals surface area contributed by atoms with Gasteiger partial charge in [-0.15, -0.1) is 5.10 Å². The molecular formula is C11H18N6. The van der Waals surface area contributed by atoms with Crippen LogP contribution in [0.5, 0.6) is 0 Å². The van der Waals surface area contributed by atoms with Gasteiger partial charge in [0, 0.05) is 31.7 Å². The van der Waals surface area contributed by atoms with Crippen molar-refractivity contribution in [3.05, 3.63) is 24.8 Å². The number of aromatic nitrogens is 5. The number of hydrogen-bond donors (Lipinski definition) is 1. The summed E-state index contributed by atoms with van der Waals surface area (Å²) in [5.41, 5.74) is 0. The fourth-order valence-corrected chi connectivity index (χ4v) is 1.65. The van der Waals surface area contributed by atoms with Gasteiger partial charge < -0.3 is 9.88 Å². The average Bonchev–Trinajstić information content (AvgIpc) is 2.90. The first kappa shape index (κ1) is 11.6. The van der Waals surface area contributed by atoms with Gasteiger partial charge in [0.1, 0.15) is 0 Å². The van der Waals surface area contributed by atoms with Crippen LogP contribution in [0.1, 0.15) is 13.8 Å². The van der Waals surface area contributed by atoms with Crippen LogP contribution in [0.3, 0.4) is 0 Å². The molecule has 2 aromatic rings. The zero-order chi connectivity index (χ0) is 12.1. The molecule has 0 bridgehead atoms. The van der Waals surface area contributed by atoms with Gasteiger partial charge in [-0.1, -0.05) is 19.1 Å². The molecule has 6 heteroatoms. The lowest BCUT2D eigenvalue weighted by atomic mass is 10.2. The lowest BCUT2D eigenvalue weighted by molar-refractivity contribution is 0.524. The van der Waals surface area contributed by atoms with E-state index in [1.54, 1.807) is 10.9 Å². The van der Waals surface area contributed by atoms with Crippen molar-refractivity contribution in [1.29, 1.82) is 0 Å². The molecule has 0 aliphatic rings. The fourth-order valence-electron chi connectivity index (χ4n) is 1.65. The van der Waals surface area contributed by atoms with Gasteiger partial charge in [0.05, 0.1) is 12.7 Å². The summed E-state index contributed by atoms with van der Waals surface area (Å²) in [5.74, 6) is 1.53. The Morgan fingerprint density at radius 3 is 2.88 bits per heavy atom. The Bertz CT molecular complexity index is 431. The van der Waals surface area contributed by atoms with Crippen molar-refractivity contribution in [2.24, 2.45) is 5.92 Å². The summed E-state index contributed by atoms with van der Waals surface area (Å²) >= 11 is 0. The third-order valence-corrected chi connectivity index (χ3v) is 2.37. The van der Waals surface area contributed by atoms with Gasteiger partial charge in [-0.25, -0.2) is 4.98 Å². The van der Waals surface area contributed by atoms with Crippen molar-refractivity contribution in [3.8, 4) is 0 Å². The number of nitrogens with one attached hydrogen (secondary N) is 1. The topological polar surface area (TPSA) is 60.6 Å². The molecule has 0 unspecified atom stereocenters. The Morgan fingerprint density at radius 1 is 1.29 bits per heavy atom. The number of rotatable bonds is 6. The third kappa shape index (κ3) is 3.30. The van der Waals surface area contributed by atoms with Crippen molar-refractivity contribution < 1.29 is 0 Å². The summed E-state index contributed by atoms with van der Waals surface area (Å²) in [4.78, 5) is 4.29. The standard InChI is InChI=1S/C11H18N6/c1-10(2)9-16-6-3-12-11(16)13-4-7-17-8-5-14-15-17/h3,5-6,8,10H,4,7,9H2,1-2H3,(H,12,13). The minimum atomic E-state index is 0.611. The van der Waals surface area contributed by atoms with Crippen LogP contribution in [-0.2, 0) is 13.1 Å². The van der Waals surface area contributed by atoms with Gasteiger partial charge >= 0.3 is 0 Å². The minimum absolute atomic E-state index is 0.611. The van der Waals surface area contributed by atoms with Gasteiger partial charge in [0.25, 0.3) is 0 Å². The highest BCUT2D eigenvalue weighted by atomic mass is 15.4. The van der Waals surface area contributed by atoms with Crippen LogP contribution < -0.4 is 5.32 Å². The van der Waals surface area contributed by atoms with Crippen molar-refractivity contribution in [2.45, 2.75) is 26.9 Å². The molecule has 0 fully saturated rings. The maximum absolute atomic E-state index is 4.29. The van der Waals surface area contributed by atoms with E-state index in [1.807, 2.05) is 18.6 Å². The van der Waals surface area contributed by atoms with E-state index in [0.29, 0.717) is 5.92 Å². The van der Waals surface area contributed by atoms with E-state index in [0.717, 1.165) is 25.6 Å². The lowest BCUT2D eigenvalue weighted by Gasteiger charge is -2.11. The SMILES string of the molecule is CC(C)Cn1ccnc1NCCn1ccnn1. The first-order valence-electron chi connectivity index (χ1n) is 5.85. The summed E-state index contributed by atoms with van der Waals surface area (Å²) in [6, 6.07) is 0. The number of imidazole rings is 1. The molecular weight excluding hydrogens is 216 g/mol. The molecule has 92 valence electrons. The van der Waals surface area contributed by atoms with Crippen molar-refractivity contribution in [3.63, 3.8) is 0 Å². The second-order valence-corrected chi connectivity index (χ2v) is 4.39. The summed E-state index contributed by atoms with van der Waals surface area (Å²) in [5, 5.41) is 11.0. The van der Waals surface area contributed by atoms with E-state index >= 15 is 0 Å². The van der Waals surface area contributed by atoms with Gasteiger partial charge in [0.2, 0.25) is 5.95 Å². The van der Waals surface area contributed by atoms with Crippen LogP contribution in [0.15, 0.2) is 24.8 Å². The molecule has 0 saturated heterocycles. The molecule has 0 aliphatic heterocycles. The van der Waals surface area contributed by atoms with Crippen molar-refractivity contribution >= 4 is 5.95 Å². The monoisotopic (exact) mass is 234 g/mol. The molecule has 0 spiro atoms. The Labute approximate surface area is 101 Å². The van der Waals surface area contributed by atoms with E-state index in [1.165, 1.54) is 0 Å². The molecule has 0 aromatic carbocycles. The summed E-state index contributed by atoms with van der Waals surface area (Å²) < 4.78 is 3.93. The Morgan fingerprint density at radius 2 is 2.18 bits per heavy atom. The van der Waals surface area contributed by atoms with E-state index in [2.05, 4.69) is 39.0 Å². The van der Waals surface area contributed by atoms with Gasteiger partial charge in [0.15, 0.2) is 0 Å². The molecule has 17 heavy (non-hydrogen) atoms. The van der Waals surface area contributed by atoms with Gasteiger partial charge in [-0.3, -0.25) is 4.68 Å². The molecule has 0 amide bonds. The highest BCUT2D eigenvalue weighted by Gasteiger charge is 2.03. The smallest absolute Gasteiger partial charge is 0.202 e. The molecule has 2 aromatic heterocycles. The van der Waals surface area contributed by atoms with Crippen LogP contribution in [0.25, 0.3) is 0 Å². The molecule has 2 heterocycles. The van der Waals surface area contributed by atoms with E-state index in [4.69, 9.17) is 0 Å². The number of nitrogens with zero attached hydrogens (tertiary/aromatic N) is 5. The maximum atomic E-state index is 4.29. The molecule has 6 nitrogen and oxygen atoms in total. The molecule has 0 atom stereocenters. The lowest BCUT2D eigenvalue weighted by Crippen LogP contribution is -2.15. The predicted octanol–water partition coefficient (Wildman–Crippen LogP) is 1.24. The van der Waals surface area contributed by atoms with Gasteiger partial charge in [-0.2, -0.15) is 0 Å². The van der Waals surface area contributed by atoms with Gasteiger partial charge in [-0.05, 0) is 5.92 Å². The van der Waals surface area contributed by atoms with Crippen LogP contribution in [0.4, 0.5) is 5.95 Å². The maximum Gasteiger partial charge on any atom is 0.202 e. The average molecular weight is 234 g/mol. The van der Waals surface area contributed by atoms with Crippen LogP contribution >= 0.6 is 0 Å². The predicted molar refractivity (Wildman–Crippen MR) is 65.6 cm³/mol. The molecule has 1 N–H and O–H groups in total. The van der Waals surface area contributed by atoms with E-state index in [-0.39, 0.29) is 0 Å². The first-order valence-corrected chi connectivity index (χ1v) is 5.85. The first-order chi connectivity index (χ1) is 8.25. The highest BCUT2D eigenvalue weighted by Crippen LogP contribution is 2.07. The number of anilines is 1. The van der Waals surface area contributed by atoms with Crippen molar-refractivity contribution in [2.75, 3.05) is 11.9 Å². The highest BCUT2D eigenvalue weighted by molar-refractivity contribution is 5.25. The molecule has 0 aliphatic carbocycles. The second kappa shape index (κ2) is 5.47. The normalized spacial score (nSPS) is 11.0. The fraction of sp³-hybridized carbons (Fsp3) is 0.545. The summed E-state index contributed by atoms with van der Waals surface area (Å²) in [7, 11) is 0. The Hall–Kier alpha value is -1.85. The Kier molecular flexibility index (Phi) is 3.74. The zero-order valence-electron chi connectivity index (χ0n) is 10.2. The number of hydrogen-bond acceptors (Lipinski definition) is 4. The van der Waals surface area contributed by atoms with E-state index in [9.17, 15) is 0 Å². The quantitative estimate of drug-likeness (QED) is 0.817. The van der Waals surface area contributed by atoms with E-state index < -0.39 is 0 Å². The zero-order valence-corrected chi connectivity index (χ0v) is 10.2.